The molecule has 2 atom stereocenters. The number of amidine groups is 1. The molecule has 0 spiro atoms. The fourth-order valence-corrected chi connectivity index (χ4v) is 3.01. The summed E-state index contributed by atoms with van der Waals surface area (Å²) in [5.41, 5.74) is 0.296. The minimum Gasteiger partial charge on any atom is -0.351 e. The van der Waals surface area contributed by atoms with Crippen molar-refractivity contribution in [2.75, 3.05) is 18.9 Å². The molecule has 88 valence electrons. The van der Waals surface area contributed by atoms with Gasteiger partial charge >= 0.3 is 0 Å². The maximum absolute atomic E-state index is 4.60. The Hall–Kier alpha value is 0.300. The molecule has 2 unspecified atom stereocenters. The molecule has 15 heavy (non-hydrogen) atoms. The molecule has 1 aliphatic heterocycles. The van der Waals surface area contributed by atoms with Crippen LogP contribution in [0.15, 0.2) is 4.99 Å². The first-order chi connectivity index (χ1) is 6.86. The molecule has 0 radical (unpaired) electrons. The predicted molar refractivity (Wildman–Crippen MR) is 74.2 cm³/mol. The lowest BCUT2D eigenvalue weighted by atomic mass is 9.87. The molecule has 0 saturated heterocycles. The minimum atomic E-state index is 0.296. The first-order valence-corrected chi connectivity index (χ1v) is 7.36. The van der Waals surface area contributed by atoms with Crippen LogP contribution in [-0.4, -0.2) is 40.3 Å². The van der Waals surface area contributed by atoms with Crippen molar-refractivity contribution in [3.63, 3.8) is 0 Å². The summed E-state index contributed by atoms with van der Waals surface area (Å²) in [5.74, 6) is 0. The Morgan fingerprint density at radius 3 is 2.60 bits per heavy atom. The molecule has 0 N–H and O–H groups in total. The highest BCUT2D eigenvalue weighted by Gasteiger charge is 2.29. The van der Waals surface area contributed by atoms with Crippen LogP contribution in [0.5, 0.6) is 0 Å². The molecule has 0 aromatic heterocycles. The molecule has 0 aliphatic carbocycles. The average Bonchev–Trinajstić information content (AvgIpc) is 2.62. The maximum atomic E-state index is 4.60. The van der Waals surface area contributed by atoms with E-state index >= 15 is 0 Å². The zero-order chi connectivity index (χ0) is 11.6. The van der Waals surface area contributed by atoms with Crippen LogP contribution >= 0.6 is 27.7 Å². The normalized spacial score (nSPS) is 23.9. The quantitative estimate of drug-likeness (QED) is 0.726. The topological polar surface area (TPSA) is 15.6 Å². The zero-order valence-corrected chi connectivity index (χ0v) is 12.7. The molecule has 4 heteroatoms. The van der Waals surface area contributed by atoms with Gasteiger partial charge < -0.3 is 4.90 Å². The number of nitrogens with zero attached hydrogens (tertiary/aromatic N) is 2. The molecule has 1 rings (SSSR count). The lowest BCUT2D eigenvalue weighted by molar-refractivity contribution is 0.211. The summed E-state index contributed by atoms with van der Waals surface area (Å²) in [6, 6.07) is 0.512. The molecule has 1 aliphatic rings. The van der Waals surface area contributed by atoms with Gasteiger partial charge in [-0.15, -0.1) is 0 Å². The van der Waals surface area contributed by atoms with Gasteiger partial charge in [0.25, 0.3) is 0 Å². The van der Waals surface area contributed by atoms with Crippen molar-refractivity contribution in [1.29, 1.82) is 0 Å². The Balaban J connectivity index is 2.59. The van der Waals surface area contributed by atoms with Crippen molar-refractivity contribution in [2.45, 2.75) is 39.0 Å². The number of halogens is 1. The number of aliphatic imine (C=N–C) groups is 1. The predicted octanol–water partition coefficient (Wildman–Crippen LogP) is 3.22. The van der Waals surface area contributed by atoms with E-state index in [9.17, 15) is 0 Å². The van der Waals surface area contributed by atoms with Crippen LogP contribution in [0.2, 0.25) is 0 Å². The largest absolute Gasteiger partial charge is 0.351 e. The van der Waals surface area contributed by atoms with Crippen molar-refractivity contribution in [1.82, 2.24) is 4.90 Å². The van der Waals surface area contributed by atoms with E-state index in [0.29, 0.717) is 16.7 Å². The molecule has 0 fully saturated rings. The third kappa shape index (κ3) is 3.38. The molecular weight excluding hydrogens is 272 g/mol. The van der Waals surface area contributed by atoms with Crippen molar-refractivity contribution < 1.29 is 0 Å². The van der Waals surface area contributed by atoms with Crippen molar-refractivity contribution in [2.24, 2.45) is 10.4 Å². The van der Waals surface area contributed by atoms with Gasteiger partial charge in [0.2, 0.25) is 0 Å². The van der Waals surface area contributed by atoms with E-state index in [0.717, 1.165) is 11.9 Å². The second kappa shape index (κ2) is 5.09. The Labute approximate surface area is 106 Å². The van der Waals surface area contributed by atoms with Crippen molar-refractivity contribution >= 4 is 32.9 Å². The smallest absolute Gasteiger partial charge is 0.159 e. The number of rotatable bonds is 2. The summed E-state index contributed by atoms with van der Waals surface area (Å²) in [7, 11) is 2.15. The zero-order valence-electron chi connectivity index (χ0n) is 10.2. The van der Waals surface area contributed by atoms with E-state index < -0.39 is 0 Å². The number of hydrogen-bond donors (Lipinski definition) is 0. The summed E-state index contributed by atoms with van der Waals surface area (Å²) < 4.78 is 0. The van der Waals surface area contributed by atoms with E-state index in [-0.39, 0.29) is 0 Å². The summed E-state index contributed by atoms with van der Waals surface area (Å²) in [4.78, 5) is 6.91. The van der Waals surface area contributed by atoms with Gasteiger partial charge in [-0.05, 0) is 12.3 Å². The monoisotopic (exact) mass is 292 g/mol. The fourth-order valence-electron chi connectivity index (χ4n) is 1.43. The summed E-state index contributed by atoms with van der Waals surface area (Å²) in [6.45, 7) is 10.0. The van der Waals surface area contributed by atoms with Crippen LogP contribution in [0, 0.1) is 5.41 Å². The Kier molecular flexibility index (Phi) is 4.53. The highest BCUT2D eigenvalue weighted by molar-refractivity contribution is 9.09. The summed E-state index contributed by atoms with van der Waals surface area (Å²) >= 11 is 5.41. The summed E-state index contributed by atoms with van der Waals surface area (Å²) in [6.07, 6.45) is 0. The Morgan fingerprint density at radius 1 is 1.60 bits per heavy atom. The molecule has 0 aromatic rings. The summed E-state index contributed by atoms with van der Waals surface area (Å²) in [5, 5.41) is 2.85. The van der Waals surface area contributed by atoms with Gasteiger partial charge in [-0.2, -0.15) is 0 Å². The third-order valence-electron chi connectivity index (χ3n) is 3.01. The van der Waals surface area contributed by atoms with E-state index in [1.807, 2.05) is 11.8 Å². The first kappa shape index (κ1) is 13.4. The van der Waals surface area contributed by atoms with Gasteiger partial charge in [-0.3, -0.25) is 4.99 Å². The second-order valence-electron chi connectivity index (χ2n) is 5.17. The molecule has 0 aromatic carbocycles. The lowest BCUT2D eigenvalue weighted by Gasteiger charge is -2.36. The molecule has 2 nitrogen and oxygen atoms in total. The minimum absolute atomic E-state index is 0.296. The third-order valence-corrected chi connectivity index (χ3v) is 5.50. The highest BCUT2D eigenvalue weighted by atomic mass is 79.9. The SMILES string of the molecule is CC(N(C)C1=NCC(CBr)S1)C(C)(C)C. The standard InChI is InChI=1S/C11H21BrN2S/c1-8(11(2,3)4)14(5)10-13-7-9(6-12)15-10/h8-9H,6-7H2,1-5H3. The van der Waals surface area contributed by atoms with Gasteiger partial charge in [0.1, 0.15) is 0 Å². The number of hydrogen-bond acceptors (Lipinski definition) is 3. The van der Waals surface area contributed by atoms with Gasteiger partial charge in [0, 0.05) is 23.7 Å². The van der Waals surface area contributed by atoms with Crippen LogP contribution in [0.25, 0.3) is 0 Å². The second-order valence-corrected chi connectivity index (χ2v) is 7.09. The van der Waals surface area contributed by atoms with Crippen molar-refractivity contribution in [3.8, 4) is 0 Å². The highest BCUT2D eigenvalue weighted by Crippen LogP contribution is 2.30. The van der Waals surface area contributed by atoms with Crippen molar-refractivity contribution in [3.05, 3.63) is 0 Å². The fraction of sp³-hybridized carbons (Fsp3) is 0.909. The molecule has 0 amide bonds. The number of thioether (sulfide) groups is 1. The van der Waals surface area contributed by atoms with E-state index in [1.54, 1.807) is 0 Å². The van der Waals surface area contributed by atoms with Gasteiger partial charge in [0.05, 0.1) is 6.54 Å². The Bertz CT molecular complexity index is 247. The molecule has 0 bridgehead atoms. The lowest BCUT2D eigenvalue weighted by Crippen LogP contribution is -2.41. The van der Waals surface area contributed by atoms with Gasteiger partial charge in [-0.1, -0.05) is 48.5 Å². The van der Waals surface area contributed by atoms with E-state index in [4.69, 9.17) is 0 Å². The van der Waals surface area contributed by atoms with Crippen LogP contribution in [0.4, 0.5) is 0 Å². The van der Waals surface area contributed by atoms with Crippen LogP contribution < -0.4 is 0 Å². The van der Waals surface area contributed by atoms with E-state index in [1.165, 1.54) is 5.17 Å². The molecular formula is C11H21BrN2S. The number of alkyl halides is 1. The van der Waals surface area contributed by atoms with Crippen LogP contribution in [0.3, 0.4) is 0 Å². The van der Waals surface area contributed by atoms with Crippen LogP contribution in [-0.2, 0) is 0 Å². The molecule has 0 saturated carbocycles. The van der Waals surface area contributed by atoms with Crippen LogP contribution in [0.1, 0.15) is 27.7 Å². The van der Waals surface area contributed by atoms with Gasteiger partial charge in [0.15, 0.2) is 5.17 Å². The Morgan fingerprint density at radius 2 is 2.20 bits per heavy atom. The van der Waals surface area contributed by atoms with Gasteiger partial charge in [-0.25, -0.2) is 0 Å². The molecule has 1 heterocycles. The average molecular weight is 293 g/mol. The first-order valence-electron chi connectivity index (χ1n) is 5.36. The maximum Gasteiger partial charge on any atom is 0.159 e. The van der Waals surface area contributed by atoms with E-state index in [2.05, 4.69) is 60.6 Å².